The van der Waals surface area contributed by atoms with Crippen LogP contribution in [0.15, 0.2) is 17.3 Å². The molecule has 150 valence electrons. The molecular weight excluding hydrogens is 370 g/mol. The van der Waals surface area contributed by atoms with Gasteiger partial charge in [-0.05, 0) is 44.1 Å². The summed E-state index contributed by atoms with van der Waals surface area (Å²) in [6.45, 7) is 8.06. The molecule has 0 aromatic carbocycles. The van der Waals surface area contributed by atoms with Crippen molar-refractivity contribution in [2.45, 2.75) is 65.6 Å². The number of fused-ring (bicyclic) bond motifs is 3. The lowest BCUT2D eigenvalue weighted by molar-refractivity contribution is 0.462. The van der Waals surface area contributed by atoms with Gasteiger partial charge in [0.2, 0.25) is 0 Å². The summed E-state index contributed by atoms with van der Waals surface area (Å²) in [4.78, 5) is 19.8. The van der Waals surface area contributed by atoms with Gasteiger partial charge < -0.3 is 5.32 Å². The summed E-state index contributed by atoms with van der Waals surface area (Å²) >= 11 is 1.70. The Kier molecular flexibility index (Phi) is 5.38. The maximum atomic E-state index is 13.0. The lowest BCUT2D eigenvalue weighted by Crippen LogP contribution is -2.34. The van der Waals surface area contributed by atoms with E-state index in [0.717, 1.165) is 49.0 Å². The van der Waals surface area contributed by atoms with Crippen molar-refractivity contribution in [1.29, 1.82) is 0 Å². The molecule has 3 aromatic heterocycles. The third-order valence-electron chi connectivity index (χ3n) is 5.90. The molecule has 1 aliphatic rings. The molecule has 0 spiro atoms. The normalized spacial score (nSPS) is 16.8. The lowest BCUT2D eigenvalue weighted by atomic mass is 9.93. The highest BCUT2D eigenvalue weighted by Gasteiger charge is 2.25. The molecule has 0 fully saturated rings. The van der Waals surface area contributed by atoms with Gasteiger partial charge >= 0.3 is 0 Å². The van der Waals surface area contributed by atoms with E-state index in [9.17, 15) is 4.79 Å². The Morgan fingerprint density at radius 2 is 2.21 bits per heavy atom. The second-order valence-electron chi connectivity index (χ2n) is 8.31. The third kappa shape index (κ3) is 3.65. The summed E-state index contributed by atoms with van der Waals surface area (Å²) < 4.78 is 3.71. The number of hydrogen-bond donors (Lipinski definition) is 1. The highest BCUT2D eigenvalue weighted by atomic mass is 32.1. The van der Waals surface area contributed by atoms with Gasteiger partial charge in [0, 0.05) is 42.3 Å². The average Bonchev–Trinajstić information content (AvgIpc) is 3.19. The molecule has 3 heterocycles. The Morgan fingerprint density at radius 1 is 1.39 bits per heavy atom. The van der Waals surface area contributed by atoms with Crippen molar-refractivity contribution < 1.29 is 0 Å². The molecule has 3 aromatic rings. The smallest absolute Gasteiger partial charge is 0.262 e. The van der Waals surface area contributed by atoms with Gasteiger partial charge in [-0.2, -0.15) is 5.10 Å². The molecular formula is C21H29N5OS. The maximum absolute atomic E-state index is 13.0. The monoisotopic (exact) mass is 399 g/mol. The highest BCUT2D eigenvalue weighted by molar-refractivity contribution is 7.18. The number of nitrogens with one attached hydrogen (secondary N) is 1. The molecule has 0 saturated heterocycles. The first-order valence-corrected chi connectivity index (χ1v) is 11.0. The fourth-order valence-electron chi connectivity index (χ4n) is 3.90. The highest BCUT2D eigenvalue weighted by Crippen LogP contribution is 2.33. The van der Waals surface area contributed by atoms with Gasteiger partial charge in [0.15, 0.2) is 0 Å². The van der Waals surface area contributed by atoms with Crippen molar-refractivity contribution in [3.63, 3.8) is 0 Å². The second-order valence-corrected chi connectivity index (χ2v) is 9.39. The predicted molar refractivity (Wildman–Crippen MR) is 114 cm³/mol. The van der Waals surface area contributed by atoms with Crippen LogP contribution in [-0.4, -0.2) is 25.4 Å². The Hall–Kier alpha value is -1.99. The van der Waals surface area contributed by atoms with Gasteiger partial charge in [-0.3, -0.25) is 14.0 Å². The summed E-state index contributed by atoms with van der Waals surface area (Å²) in [5, 5.41) is 8.88. The van der Waals surface area contributed by atoms with E-state index in [-0.39, 0.29) is 5.56 Å². The second kappa shape index (κ2) is 7.79. The van der Waals surface area contributed by atoms with Crippen molar-refractivity contribution in [2.24, 2.45) is 13.0 Å². The summed E-state index contributed by atoms with van der Waals surface area (Å²) in [5.41, 5.74) is 3.84. The maximum Gasteiger partial charge on any atom is 0.262 e. The SMILES string of the molecule is Cc1c(CN[C@@H]2CCc3c(sc4ncn(CCC(C)C)c(=O)c34)C2)cnn1C. The van der Waals surface area contributed by atoms with Crippen LogP contribution in [0.3, 0.4) is 0 Å². The van der Waals surface area contributed by atoms with E-state index < -0.39 is 0 Å². The van der Waals surface area contributed by atoms with Gasteiger partial charge in [-0.25, -0.2) is 4.98 Å². The molecule has 0 aliphatic heterocycles. The average molecular weight is 400 g/mol. The van der Waals surface area contributed by atoms with Gasteiger partial charge in [-0.15, -0.1) is 11.3 Å². The third-order valence-corrected chi connectivity index (χ3v) is 7.06. The number of nitrogens with zero attached hydrogens (tertiary/aromatic N) is 4. The van der Waals surface area contributed by atoms with Crippen LogP contribution in [0, 0.1) is 12.8 Å². The molecule has 0 unspecified atom stereocenters. The van der Waals surface area contributed by atoms with Crippen LogP contribution in [-0.2, 0) is 33.0 Å². The predicted octanol–water partition coefficient (Wildman–Crippen LogP) is 3.19. The largest absolute Gasteiger partial charge is 0.309 e. The van der Waals surface area contributed by atoms with Crippen LogP contribution in [0.5, 0.6) is 0 Å². The van der Waals surface area contributed by atoms with E-state index >= 15 is 0 Å². The molecule has 28 heavy (non-hydrogen) atoms. The fourth-order valence-corrected chi connectivity index (χ4v) is 5.16. The summed E-state index contributed by atoms with van der Waals surface area (Å²) in [7, 11) is 1.98. The van der Waals surface area contributed by atoms with Crippen molar-refractivity contribution in [3.8, 4) is 0 Å². The minimum absolute atomic E-state index is 0.139. The van der Waals surface area contributed by atoms with Crippen molar-refractivity contribution in [1.82, 2.24) is 24.6 Å². The molecule has 7 heteroatoms. The molecule has 4 rings (SSSR count). The van der Waals surface area contributed by atoms with Crippen LogP contribution in [0.2, 0.25) is 0 Å². The molecule has 6 nitrogen and oxygen atoms in total. The molecule has 1 atom stereocenters. The molecule has 1 N–H and O–H groups in total. The molecule has 0 saturated carbocycles. The Labute approximate surface area is 169 Å². The van der Waals surface area contributed by atoms with Crippen molar-refractivity contribution in [2.75, 3.05) is 0 Å². The lowest BCUT2D eigenvalue weighted by Gasteiger charge is -2.23. The first-order valence-electron chi connectivity index (χ1n) is 10.1. The summed E-state index contributed by atoms with van der Waals surface area (Å²) in [5.74, 6) is 0.578. The topological polar surface area (TPSA) is 64.7 Å². The van der Waals surface area contributed by atoms with E-state index in [4.69, 9.17) is 0 Å². The molecule has 1 aliphatic carbocycles. The number of thiophene rings is 1. The van der Waals surface area contributed by atoms with E-state index in [2.05, 4.69) is 36.2 Å². The van der Waals surface area contributed by atoms with Gasteiger partial charge in [0.1, 0.15) is 4.83 Å². The van der Waals surface area contributed by atoms with Crippen LogP contribution in [0.4, 0.5) is 0 Å². The Bertz CT molecular complexity index is 1050. The quantitative estimate of drug-likeness (QED) is 0.691. The first kappa shape index (κ1) is 19.3. The van der Waals surface area contributed by atoms with Gasteiger partial charge in [0.25, 0.3) is 5.56 Å². The Morgan fingerprint density at radius 3 is 2.93 bits per heavy atom. The number of aryl methyl sites for hydroxylation is 3. The standard InChI is InChI=1S/C21H29N5OS/c1-13(2)7-8-26-12-23-20-19(21(26)27)17-6-5-16(9-18(17)28-20)22-10-15-11-24-25(4)14(15)3/h11-13,16,22H,5-10H2,1-4H3/t16-/m1/s1. The summed E-state index contributed by atoms with van der Waals surface area (Å²) in [6, 6.07) is 0.434. The minimum Gasteiger partial charge on any atom is -0.309 e. The van der Waals surface area contributed by atoms with Gasteiger partial charge in [0.05, 0.1) is 17.9 Å². The van der Waals surface area contributed by atoms with Crippen LogP contribution in [0.1, 0.15) is 48.4 Å². The van der Waals surface area contributed by atoms with Crippen LogP contribution >= 0.6 is 11.3 Å². The number of aromatic nitrogens is 4. The summed E-state index contributed by atoms with van der Waals surface area (Å²) in [6.07, 6.45) is 7.65. The minimum atomic E-state index is 0.139. The number of rotatable bonds is 6. The Balaban J connectivity index is 1.52. The van der Waals surface area contributed by atoms with Crippen LogP contribution in [0.25, 0.3) is 10.2 Å². The zero-order valence-corrected chi connectivity index (χ0v) is 18.0. The number of hydrogen-bond acceptors (Lipinski definition) is 5. The molecule has 0 bridgehead atoms. The zero-order valence-electron chi connectivity index (χ0n) is 17.2. The fraction of sp³-hybridized carbons (Fsp3) is 0.571. The molecule has 0 amide bonds. The van der Waals surface area contributed by atoms with E-state index in [0.29, 0.717) is 12.0 Å². The van der Waals surface area contributed by atoms with Gasteiger partial charge in [-0.1, -0.05) is 13.8 Å². The van der Waals surface area contributed by atoms with Crippen molar-refractivity contribution in [3.05, 3.63) is 44.6 Å². The van der Waals surface area contributed by atoms with Crippen molar-refractivity contribution >= 4 is 21.6 Å². The van der Waals surface area contributed by atoms with E-state index in [1.165, 1.54) is 21.7 Å². The van der Waals surface area contributed by atoms with E-state index in [1.807, 2.05) is 17.9 Å². The zero-order chi connectivity index (χ0) is 19.8. The molecule has 0 radical (unpaired) electrons. The first-order chi connectivity index (χ1) is 13.4. The van der Waals surface area contributed by atoms with E-state index in [1.54, 1.807) is 22.2 Å². The van der Waals surface area contributed by atoms with Crippen LogP contribution < -0.4 is 10.9 Å².